The predicted octanol–water partition coefficient (Wildman–Crippen LogP) is 2.29. The van der Waals surface area contributed by atoms with E-state index in [4.69, 9.17) is 10.2 Å². The van der Waals surface area contributed by atoms with Crippen LogP contribution in [-0.2, 0) is 20.9 Å². The molecule has 2 bridgehead atoms. The lowest BCUT2D eigenvalue weighted by Gasteiger charge is -2.39. The predicted molar refractivity (Wildman–Crippen MR) is 162 cm³/mol. The van der Waals surface area contributed by atoms with Crippen LogP contribution in [0.4, 0.5) is 5.69 Å². The molecule has 2 aliphatic carbocycles. The Morgan fingerprint density at radius 3 is 2.52 bits per heavy atom. The van der Waals surface area contributed by atoms with Crippen LogP contribution in [-0.4, -0.2) is 51.5 Å². The average molecular weight is 606 g/mol. The van der Waals surface area contributed by atoms with Crippen molar-refractivity contribution in [2.24, 2.45) is 22.5 Å². The van der Waals surface area contributed by atoms with Gasteiger partial charge in [-0.25, -0.2) is 0 Å². The van der Waals surface area contributed by atoms with Crippen molar-refractivity contribution in [3.8, 4) is 0 Å². The van der Waals surface area contributed by atoms with Crippen LogP contribution in [0.1, 0.15) is 63.4 Å². The van der Waals surface area contributed by atoms with E-state index in [-0.39, 0.29) is 53.6 Å². The first-order valence-corrected chi connectivity index (χ1v) is 14.9. The SMILES string of the molecule is CC1(C)C2CC[C@@]1(C)C(NC(=O)Cn1cccc(NC(=O)[C@H](CCC(O)C(N)=O)NC(=O)c3cc4ccccc4o3)c1=O)C2. The van der Waals surface area contributed by atoms with Gasteiger partial charge in [0.05, 0.1) is 0 Å². The number of hydrogen-bond donors (Lipinski definition) is 5. The van der Waals surface area contributed by atoms with Crippen LogP contribution in [0, 0.1) is 16.7 Å². The number of nitrogens with two attached hydrogens (primary N) is 1. The summed E-state index contributed by atoms with van der Waals surface area (Å²) < 4.78 is 6.80. The highest BCUT2D eigenvalue weighted by molar-refractivity contribution is 6.01. The topological polar surface area (TPSA) is 186 Å². The first-order chi connectivity index (χ1) is 20.8. The number of fused-ring (bicyclic) bond motifs is 3. The summed E-state index contributed by atoms with van der Waals surface area (Å²) in [4.78, 5) is 64.0. The lowest BCUT2D eigenvalue weighted by molar-refractivity contribution is -0.127. The molecule has 12 nitrogen and oxygen atoms in total. The summed E-state index contributed by atoms with van der Waals surface area (Å²) in [6, 6.07) is 10.2. The van der Waals surface area contributed by atoms with E-state index in [0.717, 1.165) is 19.3 Å². The number of rotatable bonds is 11. The Kier molecular flexibility index (Phi) is 8.39. The van der Waals surface area contributed by atoms with Crippen LogP contribution in [0.5, 0.6) is 0 Å². The zero-order chi connectivity index (χ0) is 31.8. The van der Waals surface area contributed by atoms with Crippen molar-refractivity contribution in [2.45, 2.75) is 77.6 Å². The van der Waals surface area contributed by atoms with Crippen molar-refractivity contribution in [1.29, 1.82) is 0 Å². The molecule has 0 spiro atoms. The van der Waals surface area contributed by atoms with Gasteiger partial charge in [-0.3, -0.25) is 24.0 Å². The molecule has 2 aliphatic rings. The van der Waals surface area contributed by atoms with Crippen molar-refractivity contribution < 1.29 is 28.7 Å². The molecular formula is C32H39N5O7. The number of carbonyl (C=O) groups is 4. The Bertz CT molecular complexity index is 1630. The normalized spacial score (nSPS) is 23.2. The van der Waals surface area contributed by atoms with Gasteiger partial charge in [-0.05, 0) is 73.1 Å². The number of anilines is 1. The Hall–Kier alpha value is -4.45. The maximum Gasteiger partial charge on any atom is 0.287 e. The lowest BCUT2D eigenvalue weighted by Crippen LogP contribution is -2.48. The second-order valence-corrected chi connectivity index (χ2v) is 12.7. The van der Waals surface area contributed by atoms with Gasteiger partial charge < -0.3 is 35.8 Å². The fraction of sp³-hybridized carbons (Fsp3) is 0.469. The van der Waals surface area contributed by atoms with Crippen LogP contribution in [0.15, 0.2) is 57.9 Å². The van der Waals surface area contributed by atoms with Crippen molar-refractivity contribution in [2.75, 3.05) is 5.32 Å². The van der Waals surface area contributed by atoms with Crippen LogP contribution >= 0.6 is 0 Å². The first-order valence-electron chi connectivity index (χ1n) is 14.9. The minimum Gasteiger partial charge on any atom is -0.451 e. The van der Waals surface area contributed by atoms with E-state index in [9.17, 15) is 29.1 Å². The number of amides is 4. The van der Waals surface area contributed by atoms with Crippen molar-refractivity contribution >= 4 is 40.3 Å². The molecule has 1 aromatic carbocycles. The summed E-state index contributed by atoms with van der Waals surface area (Å²) in [7, 11) is 0. The van der Waals surface area contributed by atoms with Crippen LogP contribution in [0.25, 0.3) is 11.0 Å². The molecule has 2 aromatic heterocycles. The molecule has 44 heavy (non-hydrogen) atoms. The summed E-state index contributed by atoms with van der Waals surface area (Å²) in [6.45, 7) is 6.51. The second kappa shape index (κ2) is 11.9. The summed E-state index contributed by atoms with van der Waals surface area (Å²) in [5, 5.41) is 18.8. The molecule has 0 aliphatic heterocycles. The zero-order valence-electron chi connectivity index (χ0n) is 25.1. The van der Waals surface area contributed by atoms with Gasteiger partial charge in [0.1, 0.15) is 30.0 Å². The fourth-order valence-electron chi connectivity index (χ4n) is 6.85. The van der Waals surface area contributed by atoms with Crippen molar-refractivity contribution in [3.63, 3.8) is 0 Å². The van der Waals surface area contributed by atoms with E-state index >= 15 is 0 Å². The maximum atomic E-state index is 13.3. The number of hydrogen-bond acceptors (Lipinski definition) is 7. The van der Waals surface area contributed by atoms with E-state index in [1.54, 1.807) is 24.3 Å². The molecule has 3 unspecified atom stereocenters. The van der Waals surface area contributed by atoms with Crippen molar-refractivity contribution in [3.05, 3.63) is 64.8 Å². The summed E-state index contributed by atoms with van der Waals surface area (Å²) in [5.41, 5.74) is 5.04. The smallest absolute Gasteiger partial charge is 0.287 e. The molecule has 2 heterocycles. The molecule has 2 saturated carbocycles. The minimum atomic E-state index is -1.54. The number of aromatic nitrogens is 1. The van der Waals surface area contributed by atoms with Gasteiger partial charge >= 0.3 is 0 Å². The monoisotopic (exact) mass is 605 g/mol. The van der Waals surface area contributed by atoms with Gasteiger partial charge in [-0.2, -0.15) is 0 Å². The molecule has 3 aromatic rings. The molecule has 12 heteroatoms. The largest absolute Gasteiger partial charge is 0.451 e. The maximum absolute atomic E-state index is 13.3. The average Bonchev–Trinajstić information content (AvgIpc) is 3.57. The molecule has 0 radical (unpaired) electrons. The number of furan rings is 1. The van der Waals surface area contributed by atoms with Crippen LogP contribution in [0.3, 0.4) is 0 Å². The molecule has 0 saturated heterocycles. The molecule has 234 valence electrons. The number of benzene rings is 1. The highest BCUT2D eigenvalue weighted by Crippen LogP contribution is 2.65. The highest BCUT2D eigenvalue weighted by atomic mass is 16.3. The van der Waals surface area contributed by atoms with Gasteiger partial charge in [0.2, 0.25) is 17.7 Å². The molecule has 6 N–H and O–H groups in total. The van der Waals surface area contributed by atoms with E-state index in [1.807, 2.05) is 0 Å². The third kappa shape index (κ3) is 5.86. The zero-order valence-corrected chi connectivity index (χ0v) is 25.1. The molecule has 5 atom stereocenters. The van der Waals surface area contributed by atoms with Gasteiger partial charge in [0, 0.05) is 17.6 Å². The Morgan fingerprint density at radius 2 is 1.86 bits per heavy atom. The number of carbonyl (C=O) groups excluding carboxylic acids is 4. The number of primary amides is 1. The number of nitrogens with zero attached hydrogens (tertiary/aromatic N) is 1. The molecule has 4 amide bonds. The Morgan fingerprint density at radius 1 is 1.11 bits per heavy atom. The van der Waals surface area contributed by atoms with Gasteiger partial charge in [0.15, 0.2) is 5.76 Å². The van der Waals surface area contributed by atoms with E-state index in [1.165, 1.54) is 29.0 Å². The number of para-hydroxylation sites is 1. The first kappa shape index (κ1) is 31.0. The van der Waals surface area contributed by atoms with Gasteiger partial charge in [0.25, 0.3) is 11.5 Å². The lowest BCUT2D eigenvalue weighted by atomic mass is 9.69. The highest BCUT2D eigenvalue weighted by Gasteiger charge is 2.61. The van der Waals surface area contributed by atoms with Gasteiger partial charge in [-0.1, -0.05) is 39.0 Å². The van der Waals surface area contributed by atoms with Crippen molar-refractivity contribution in [1.82, 2.24) is 15.2 Å². The summed E-state index contributed by atoms with van der Waals surface area (Å²) in [5.74, 6) is -2.22. The Labute approximate surface area is 254 Å². The molecule has 2 fully saturated rings. The summed E-state index contributed by atoms with van der Waals surface area (Å²) in [6.07, 6.45) is 2.65. The van der Waals surface area contributed by atoms with E-state index < -0.39 is 35.4 Å². The number of nitrogens with one attached hydrogen (secondary N) is 3. The number of aliphatic hydroxyl groups excluding tert-OH is 1. The number of aliphatic hydroxyl groups is 1. The second-order valence-electron chi connectivity index (χ2n) is 12.7. The van der Waals surface area contributed by atoms with Crippen LogP contribution < -0.4 is 27.2 Å². The third-order valence-electron chi connectivity index (χ3n) is 10.0. The molecule has 5 rings (SSSR count). The third-order valence-corrected chi connectivity index (χ3v) is 10.0. The van der Waals surface area contributed by atoms with E-state index in [0.29, 0.717) is 16.9 Å². The summed E-state index contributed by atoms with van der Waals surface area (Å²) >= 11 is 0. The standard InChI is InChI=1S/C32H39N5O7/c1-31(2)19-12-13-32(31,3)25(16-19)36-26(39)17-37-14-6-8-21(30(37)43)35-28(41)20(10-11-22(38)27(33)40)34-29(42)24-15-18-7-4-5-9-23(18)44-24/h4-9,14-15,19-20,22,25,38H,10-13,16-17H2,1-3H3,(H2,33,40)(H,34,42)(H,35,41)(H,36,39)/t19?,20-,22?,25?,32-/m0/s1. The van der Waals surface area contributed by atoms with Gasteiger partial charge in [-0.15, -0.1) is 0 Å². The van der Waals surface area contributed by atoms with E-state index in [2.05, 4.69) is 36.7 Å². The quantitative estimate of drug-likeness (QED) is 0.222. The fourth-order valence-corrected chi connectivity index (χ4v) is 6.85. The van der Waals surface area contributed by atoms with Crippen LogP contribution in [0.2, 0.25) is 0 Å². The number of pyridine rings is 1. The molecular weight excluding hydrogens is 566 g/mol. The minimum absolute atomic E-state index is 0.0159. The Balaban J connectivity index is 1.27.